The Labute approximate surface area is 204 Å². The third-order valence-corrected chi connectivity index (χ3v) is 5.65. The smallest absolute Gasteiger partial charge is 0.420 e. The molecule has 0 spiro atoms. The minimum Gasteiger partial charge on any atom is -0.480 e. The maximum absolute atomic E-state index is 13.1. The van der Waals surface area contributed by atoms with Gasteiger partial charge in [0, 0.05) is 5.92 Å². The molecule has 190 valence electrons. The largest absolute Gasteiger partial charge is 0.480 e. The van der Waals surface area contributed by atoms with Crippen molar-refractivity contribution in [2.45, 2.75) is 57.6 Å². The van der Waals surface area contributed by atoms with Gasteiger partial charge < -0.3 is 20.3 Å². The molecule has 1 aliphatic rings. The van der Waals surface area contributed by atoms with Crippen LogP contribution in [0.4, 0.5) is 14.3 Å². The number of aliphatic carboxylic acids is 1. The van der Waals surface area contributed by atoms with Gasteiger partial charge in [0.25, 0.3) is 0 Å². The summed E-state index contributed by atoms with van der Waals surface area (Å²) in [7, 11) is 0. The Bertz CT molecular complexity index is 1010. The van der Waals surface area contributed by atoms with Crippen LogP contribution >= 0.6 is 0 Å². The van der Waals surface area contributed by atoms with E-state index in [9.17, 15) is 19.5 Å². The number of ether oxygens (including phenoxy) is 2. The molecule has 2 amide bonds. The Morgan fingerprint density at radius 3 is 2.00 bits per heavy atom. The molecule has 3 N–H and O–H groups in total. The molecule has 8 nitrogen and oxygen atoms in total. The lowest BCUT2D eigenvalue weighted by atomic mass is 9.98. The van der Waals surface area contributed by atoms with Crippen molar-refractivity contribution in [3.8, 4) is 11.1 Å². The first-order valence-corrected chi connectivity index (χ1v) is 11.4. The number of carboxylic acid groups (broad SMARTS) is 1. The first-order chi connectivity index (χ1) is 16.1. The standard InChI is InChI=1S/C26H32N2O6.FH/c1-26(2,3)34-25(32)28(22(23(29)30)14-8-9-15-27)24(31)33-16-21-19-12-6-4-10-17(19)18-11-5-7-13-20(18)21;/h4-7,10-13,21-22H,8-9,14-16,27H2,1-3H3,(H,29,30);1H/t22-;/m0./s1. The van der Waals surface area contributed by atoms with E-state index in [1.54, 1.807) is 20.8 Å². The molecule has 0 radical (unpaired) electrons. The fourth-order valence-electron chi connectivity index (χ4n) is 4.15. The van der Waals surface area contributed by atoms with Gasteiger partial charge in [-0.2, -0.15) is 4.90 Å². The molecule has 2 aromatic carbocycles. The van der Waals surface area contributed by atoms with E-state index in [4.69, 9.17) is 15.2 Å². The van der Waals surface area contributed by atoms with E-state index in [1.807, 2.05) is 48.5 Å². The monoisotopic (exact) mass is 488 g/mol. The second kappa shape index (κ2) is 11.8. The van der Waals surface area contributed by atoms with Gasteiger partial charge in [0.15, 0.2) is 0 Å². The van der Waals surface area contributed by atoms with Crippen LogP contribution in [0.25, 0.3) is 11.1 Å². The molecule has 2 aromatic rings. The Balaban J connectivity index is 0.00000432. The maximum atomic E-state index is 13.1. The summed E-state index contributed by atoms with van der Waals surface area (Å²) in [5.74, 6) is -1.53. The van der Waals surface area contributed by atoms with E-state index in [-0.39, 0.29) is 23.7 Å². The number of carbonyl (C=O) groups is 3. The summed E-state index contributed by atoms with van der Waals surface area (Å²) in [5.41, 5.74) is 8.75. The number of fused-ring (bicyclic) bond motifs is 3. The Morgan fingerprint density at radius 2 is 1.51 bits per heavy atom. The molecule has 1 atom stereocenters. The predicted octanol–water partition coefficient (Wildman–Crippen LogP) is 4.91. The molecule has 35 heavy (non-hydrogen) atoms. The van der Waals surface area contributed by atoms with Gasteiger partial charge in [0.05, 0.1) is 0 Å². The number of imide groups is 1. The number of unbranched alkanes of at least 4 members (excludes halogenated alkanes) is 1. The van der Waals surface area contributed by atoms with Crippen molar-refractivity contribution in [2.24, 2.45) is 5.73 Å². The third-order valence-electron chi connectivity index (χ3n) is 5.65. The van der Waals surface area contributed by atoms with Crippen LogP contribution in [-0.4, -0.2) is 53.0 Å². The first kappa shape index (κ1) is 27.8. The first-order valence-electron chi connectivity index (χ1n) is 11.4. The topological polar surface area (TPSA) is 119 Å². The summed E-state index contributed by atoms with van der Waals surface area (Å²) >= 11 is 0. The number of nitrogens with two attached hydrogens (primary N) is 1. The number of rotatable bonds is 8. The van der Waals surface area contributed by atoms with Crippen molar-refractivity contribution in [3.63, 3.8) is 0 Å². The lowest BCUT2D eigenvalue weighted by molar-refractivity contribution is -0.143. The Hall–Kier alpha value is -3.46. The van der Waals surface area contributed by atoms with E-state index in [0.717, 1.165) is 22.3 Å². The zero-order chi connectivity index (χ0) is 24.9. The summed E-state index contributed by atoms with van der Waals surface area (Å²) < 4.78 is 10.9. The minimum absolute atomic E-state index is 0. The fraction of sp³-hybridized carbons (Fsp3) is 0.423. The number of hydrogen-bond donors (Lipinski definition) is 2. The summed E-state index contributed by atoms with van der Waals surface area (Å²) in [6.07, 6.45) is -1.04. The van der Waals surface area contributed by atoms with Gasteiger partial charge in [-0.25, -0.2) is 14.4 Å². The van der Waals surface area contributed by atoms with Crippen LogP contribution < -0.4 is 5.73 Å². The van der Waals surface area contributed by atoms with Crippen LogP contribution in [0, 0.1) is 0 Å². The molecule has 0 heterocycles. The van der Waals surface area contributed by atoms with Crippen molar-refractivity contribution in [1.82, 2.24) is 4.90 Å². The molecule has 3 rings (SSSR count). The van der Waals surface area contributed by atoms with Crippen LogP contribution in [0.1, 0.15) is 57.1 Å². The third kappa shape index (κ3) is 6.57. The maximum Gasteiger partial charge on any atom is 0.420 e. The molecule has 0 saturated carbocycles. The Morgan fingerprint density at radius 1 is 0.971 bits per heavy atom. The van der Waals surface area contributed by atoms with Crippen LogP contribution in [0.15, 0.2) is 48.5 Å². The predicted molar refractivity (Wildman–Crippen MR) is 130 cm³/mol. The fourth-order valence-corrected chi connectivity index (χ4v) is 4.15. The summed E-state index contributed by atoms with van der Waals surface area (Å²) in [4.78, 5) is 38.6. The summed E-state index contributed by atoms with van der Waals surface area (Å²) in [5, 5.41) is 9.79. The number of amides is 2. The highest BCUT2D eigenvalue weighted by Crippen LogP contribution is 2.44. The minimum atomic E-state index is -1.42. The van der Waals surface area contributed by atoms with Gasteiger partial charge in [-0.15, -0.1) is 0 Å². The summed E-state index contributed by atoms with van der Waals surface area (Å²) in [6.45, 7) is 5.27. The van der Waals surface area contributed by atoms with Crippen molar-refractivity contribution in [1.29, 1.82) is 0 Å². The highest BCUT2D eigenvalue weighted by Gasteiger charge is 2.39. The molecule has 0 aromatic heterocycles. The van der Waals surface area contributed by atoms with E-state index in [1.165, 1.54) is 0 Å². The molecule has 0 unspecified atom stereocenters. The van der Waals surface area contributed by atoms with Crippen molar-refractivity contribution < 1.29 is 33.7 Å². The number of benzene rings is 2. The van der Waals surface area contributed by atoms with Gasteiger partial charge in [0.2, 0.25) is 0 Å². The number of hydrogen-bond acceptors (Lipinski definition) is 6. The molecular weight excluding hydrogens is 455 g/mol. The molecule has 0 aliphatic heterocycles. The highest BCUT2D eigenvalue weighted by molar-refractivity contribution is 5.93. The number of carboxylic acids is 1. The zero-order valence-corrected chi connectivity index (χ0v) is 20.2. The quantitative estimate of drug-likeness (QED) is 0.507. The van der Waals surface area contributed by atoms with Gasteiger partial charge in [-0.1, -0.05) is 48.5 Å². The van der Waals surface area contributed by atoms with Gasteiger partial charge in [-0.05, 0) is 68.8 Å². The van der Waals surface area contributed by atoms with Gasteiger partial charge in [-0.3, -0.25) is 4.70 Å². The van der Waals surface area contributed by atoms with Crippen LogP contribution in [0.3, 0.4) is 0 Å². The highest BCUT2D eigenvalue weighted by atomic mass is 19.0. The number of carbonyl (C=O) groups excluding carboxylic acids is 2. The van der Waals surface area contributed by atoms with Gasteiger partial charge >= 0.3 is 18.2 Å². The van der Waals surface area contributed by atoms with Crippen molar-refractivity contribution in [3.05, 3.63) is 59.7 Å². The zero-order valence-electron chi connectivity index (χ0n) is 20.2. The lowest BCUT2D eigenvalue weighted by Gasteiger charge is -2.29. The van der Waals surface area contributed by atoms with Crippen LogP contribution in [0.2, 0.25) is 0 Å². The number of nitrogens with zero attached hydrogens (tertiary/aromatic N) is 1. The van der Waals surface area contributed by atoms with E-state index < -0.39 is 29.8 Å². The molecule has 9 heteroatoms. The van der Waals surface area contributed by atoms with Crippen molar-refractivity contribution >= 4 is 18.2 Å². The SMILES string of the molecule is CC(C)(C)OC(=O)N(C(=O)OCC1c2ccccc2-c2ccccc21)[C@@H](CCCCN)C(=O)O.F. The normalized spacial score (nSPS) is 13.1. The molecule has 0 bridgehead atoms. The van der Waals surface area contributed by atoms with Gasteiger partial charge in [0.1, 0.15) is 18.2 Å². The average molecular weight is 489 g/mol. The molecule has 0 fully saturated rings. The second-order valence-corrected chi connectivity index (χ2v) is 9.29. The van der Waals surface area contributed by atoms with E-state index in [0.29, 0.717) is 24.3 Å². The van der Waals surface area contributed by atoms with Crippen LogP contribution in [0.5, 0.6) is 0 Å². The Kier molecular flexibility index (Phi) is 9.36. The summed E-state index contributed by atoms with van der Waals surface area (Å²) in [6, 6.07) is 14.3. The number of halogens is 1. The molecule has 1 aliphatic carbocycles. The van der Waals surface area contributed by atoms with Crippen LogP contribution in [-0.2, 0) is 14.3 Å². The van der Waals surface area contributed by atoms with Crippen molar-refractivity contribution in [2.75, 3.05) is 13.2 Å². The molecular formula is C26H33FN2O6. The van der Waals surface area contributed by atoms with E-state index in [2.05, 4.69) is 0 Å². The lowest BCUT2D eigenvalue weighted by Crippen LogP contribution is -2.50. The van der Waals surface area contributed by atoms with E-state index >= 15 is 0 Å². The average Bonchev–Trinajstić information content (AvgIpc) is 3.09. The molecule has 0 saturated heterocycles. The second-order valence-electron chi connectivity index (χ2n) is 9.29.